The summed E-state index contributed by atoms with van der Waals surface area (Å²) in [6, 6.07) is 64.2. The molecule has 1 aliphatic carbocycles. The monoisotopic (exact) mass is 803 g/mol. The van der Waals surface area contributed by atoms with Crippen molar-refractivity contribution < 1.29 is 0 Å². The summed E-state index contributed by atoms with van der Waals surface area (Å²) in [5, 5.41) is 10.0. The van der Waals surface area contributed by atoms with Crippen molar-refractivity contribution in [3.63, 3.8) is 0 Å². The van der Waals surface area contributed by atoms with E-state index in [1.54, 1.807) is 0 Å². The van der Waals surface area contributed by atoms with Crippen molar-refractivity contribution in [3.05, 3.63) is 251 Å². The molecular formula is C55H41N5S. The van der Waals surface area contributed by atoms with Gasteiger partial charge in [0, 0.05) is 48.5 Å². The van der Waals surface area contributed by atoms with Crippen LogP contribution in [0.4, 0.5) is 0 Å². The van der Waals surface area contributed by atoms with Gasteiger partial charge in [-0.2, -0.15) is 0 Å². The van der Waals surface area contributed by atoms with Crippen LogP contribution in [-0.4, -0.2) is 17.4 Å². The van der Waals surface area contributed by atoms with E-state index >= 15 is 0 Å². The molecule has 0 radical (unpaired) electrons. The SMILES string of the molecule is C1=CC(C2=CC(c3ccc4c(c3)sc3ccccc34)=NC(c3ccccc3)N2)=CC(c2cccc(C3=NC(c4ccccc4)N=C(c4ccc(-c5ccccc5)cc4)N3)c2)C1. The van der Waals surface area contributed by atoms with Crippen LogP contribution in [0.5, 0.6) is 0 Å². The molecule has 7 aromatic carbocycles. The molecule has 61 heavy (non-hydrogen) atoms. The average molecular weight is 804 g/mol. The van der Waals surface area contributed by atoms with Crippen LogP contribution in [0.25, 0.3) is 31.3 Å². The highest BCUT2D eigenvalue weighted by atomic mass is 32.1. The van der Waals surface area contributed by atoms with Gasteiger partial charge in [0.1, 0.15) is 17.8 Å². The fourth-order valence-corrected chi connectivity index (χ4v) is 9.66. The molecule has 3 atom stereocenters. The highest BCUT2D eigenvalue weighted by Gasteiger charge is 2.25. The molecule has 8 aromatic rings. The number of aliphatic imine (C=N–C) groups is 3. The first-order valence-electron chi connectivity index (χ1n) is 20.8. The third-order valence-corrected chi connectivity index (χ3v) is 12.8. The van der Waals surface area contributed by atoms with Crippen molar-refractivity contribution in [3.8, 4) is 11.1 Å². The number of rotatable bonds is 8. The van der Waals surface area contributed by atoms with Crippen molar-refractivity contribution in [2.45, 2.75) is 24.7 Å². The summed E-state index contributed by atoms with van der Waals surface area (Å²) in [5.41, 5.74) is 12.1. The minimum atomic E-state index is -0.369. The lowest BCUT2D eigenvalue weighted by Gasteiger charge is -2.27. The van der Waals surface area contributed by atoms with E-state index in [1.807, 2.05) is 23.5 Å². The van der Waals surface area contributed by atoms with E-state index in [0.717, 1.165) is 62.9 Å². The Labute approximate surface area is 359 Å². The number of amidine groups is 2. The maximum Gasteiger partial charge on any atom is 0.169 e. The van der Waals surface area contributed by atoms with Gasteiger partial charge >= 0.3 is 0 Å². The molecule has 3 heterocycles. The maximum absolute atomic E-state index is 5.30. The first-order valence-corrected chi connectivity index (χ1v) is 21.7. The molecule has 0 saturated carbocycles. The molecule has 5 nitrogen and oxygen atoms in total. The molecule has 0 saturated heterocycles. The summed E-state index contributed by atoms with van der Waals surface area (Å²) < 4.78 is 2.58. The predicted octanol–water partition coefficient (Wildman–Crippen LogP) is 12.9. The standard InChI is InChI=1S/C55H41N5S/c1-4-14-36(15-5-1)37-26-28-40(29-27-37)54-58-53(39-18-8-3-9-19-39)59-55(60-54)45-23-13-21-42(33-45)41-20-12-22-43(32-41)48-35-49(57-52(56-48)38-16-6-2-7-17-38)44-30-31-47-46-24-10-11-25-50(46)61-51(47)34-44/h1-19,21-35,41,52-53,56H,20H2,(H,58,59,60). The molecular weight excluding hydrogens is 763 g/mol. The average Bonchev–Trinajstić information content (AvgIpc) is 3.73. The molecule has 6 heteroatoms. The first-order chi connectivity index (χ1) is 30.2. The Morgan fingerprint density at radius 1 is 0.492 bits per heavy atom. The van der Waals surface area contributed by atoms with Gasteiger partial charge in [0.25, 0.3) is 0 Å². The smallest absolute Gasteiger partial charge is 0.169 e. The van der Waals surface area contributed by atoms with Gasteiger partial charge in [0.15, 0.2) is 6.17 Å². The van der Waals surface area contributed by atoms with Crippen molar-refractivity contribution in [2.24, 2.45) is 15.0 Å². The van der Waals surface area contributed by atoms with Gasteiger partial charge in [-0.3, -0.25) is 4.99 Å². The summed E-state index contributed by atoms with van der Waals surface area (Å²) in [6.45, 7) is 0. The summed E-state index contributed by atoms with van der Waals surface area (Å²) in [6.07, 6.45) is 9.49. The van der Waals surface area contributed by atoms with Crippen LogP contribution in [0, 0.1) is 0 Å². The summed E-state index contributed by atoms with van der Waals surface area (Å²) >= 11 is 1.84. The highest BCUT2D eigenvalue weighted by Crippen LogP contribution is 2.37. The second-order valence-electron chi connectivity index (χ2n) is 15.6. The van der Waals surface area contributed by atoms with Crippen LogP contribution in [0.2, 0.25) is 0 Å². The summed E-state index contributed by atoms with van der Waals surface area (Å²) in [5.74, 6) is 1.78. The molecule has 1 aromatic heterocycles. The van der Waals surface area contributed by atoms with Crippen LogP contribution in [0.15, 0.2) is 233 Å². The number of allylic oxidation sites excluding steroid dienone is 4. The number of hydrogen-bond donors (Lipinski definition) is 2. The predicted molar refractivity (Wildman–Crippen MR) is 255 cm³/mol. The van der Waals surface area contributed by atoms with E-state index in [-0.39, 0.29) is 18.2 Å². The second-order valence-corrected chi connectivity index (χ2v) is 16.7. The Hall–Kier alpha value is -7.41. The van der Waals surface area contributed by atoms with Crippen LogP contribution >= 0.6 is 11.3 Å². The zero-order valence-electron chi connectivity index (χ0n) is 33.3. The molecule has 292 valence electrons. The number of fused-ring (bicyclic) bond motifs is 3. The van der Waals surface area contributed by atoms with E-state index in [2.05, 4.69) is 205 Å². The van der Waals surface area contributed by atoms with E-state index in [1.165, 1.54) is 36.9 Å². The molecule has 2 aliphatic heterocycles. The number of nitrogens with one attached hydrogen (secondary N) is 2. The number of thiophene rings is 1. The minimum absolute atomic E-state index is 0.169. The van der Waals surface area contributed by atoms with Gasteiger partial charge in [0.2, 0.25) is 0 Å². The quantitative estimate of drug-likeness (QED) is 0.161. The first kappa shape index (κ1) is 36.7. The van der Waals surface area contributed by atoms with Crippen molar-refractivity contribution in [1.29, 1.82) is 0 Å². The van der Waals surface area contributed by atoms with E-state index in [0.29, 0.717) is 0 Å². The number of hydrogen-bond acceptors (Lipinski definition) is 6. The van der Waals surface area contributed by atoms with E-state index in [4.69, 9.17) is 15.0 Å². The molecule has 3 unspecified atom stereocenters. The topological polar surface area (TPSA) is 61.1 Å². The van der Waals surface area contributed by atoms with Crippen LogP contribution < -0.4 is 10.6 Å². The van der Waals surface area contributed by atoms with Gasteiger partial charge < -0.3 is 10.6 Å². The lowest BCUT2D eigenvalue weighted by molar-refractivity contribution is 0.624. The normalized spacial score (nSPS) is 18.6. The minimum Gasteiger partial charge on any atom is -0.360 e. The number of benzene rings is 7. The zero-order valence-corrected chi connectivity index (χ0v) is 34.1. The van der Waals surface area contributed by atoms with Gasteiger partial charge in [-0.25, -0.2) is 9.98 Å². The Kier molecular flexibility index (Phi) is 9.60. The maximum atomic E-state index is 5.30. The Balaban J connectivity index is 0.911. The molecule has 0 amide bonds. The highest BCUT2D eigenvalue weighted by molar-refractivity contribution is 7.25. The zero-order chi connectivity index (χ0) is 40.5. The molecule has 0 fully saturated rings. The molecule has 0 spiro atoms. The fourth-order valence-electron chi connectivity index (χ4n) is 8.52. The summed E-state index contributed by atoms with van der Waals surface area (Å²) in [7, 11) is 0. The van der Waals surface area contributed by atoms with Crippen LogP contribution in [-0.2, 0) is 0 Å². The third-order valence-electron chi connectivity index (χ3n) is 11.7. The van der Waals surface area contributed by atoms with Gasteiger partial charge in [-0.05, 0) is 64.1 Å². The lowest BCUT2D eigenvalue weighted by atomic mass is 9.87. The molecule has 11 rings (SSSR count). The van der Waals surface area contributed by atoms with Crippen molar-refractivity contribution in [1.82, 2.24) is 10.6 Å². The Morgan fingerprint density at radius 3 is 1.92 bits per heavy atom. The van der Waals surface area contributed by atoms with Gasteiger partial charge in [-0.1, -0.05) is 182 Å². The van der Waals surface area contributed by atoms with E-state index in [9.17, 15) is 0 Å². The molecule has 3 aliphatic rings. The fraction of sp³-hybridized carbons (Fsp3) is 0.0727. The van der Waals surface area contributed by atoms with Gasteiger partial charge in [-0.15, -0.1) is 11.3 Å². The van der Waals surface area contributed by atoms with Crippen molar-refractivity contribution in [2.75, 3.05) is 0 Å². The van der Waals surface area contributed by atoms with Crippen LogP contribution in [0.1, 0.15) is 58.1 Å². The lowest BCUT2D eigenvalue weighted by Crippen LogP contribution is -2.36. The molecule has 0 bridgehead atoms. The Bertz CT molecular complexity index is 3100. The Morgan fingerprint density at radius 2 is 1.11 bits per heavy atom. The summed E-state index contributed by atoms with van der Waals surface area (Å²) in [4.78, 5) is 15.6. The molecule has 2 N–H and O–H groups in total. The second kappa shape index (κ2) is 16.0. The van der Waals surface area contributed by atoms with E-state index < -0.39 is 0 Å². The van der Waals surface area contributed by atoms with Gasteiger partial charge in [0.05, 0.1) is 5.71 Å². The van der Waals surface area contributed by atoms with Crippen LogP contribution in [0.3, 0.4) is 0 Å². The number of nitrogens with zero attached hydrogens (tertiary/aromatic N) is 3. The van der Waals surface area contributed by atoms with Crippen molar-refractivity contribution >= 4 is 48.9 Å². The third kappa shape index (κ3) is 7.43. The largest absolute Gasteiger partial charge is 0.360 e.